The van der Waals surface area contributed by atoms with Crippen LogP contribution < -0.4 is 0 Å². The zero-order valence-electron chi connectivity index (χ0n) is 14.4. The zero-order chi connectivity index (χ0) is 17.4. The molecule has 4 nitrogen and oxygen atoms in total. The van der Waals surface area contributed by atoms with Gasteiger partial charge in [-0.3, -0.25) is 0 Å². The first kappa shape index (κ1) is 17.5. The van der Waals surface area contributed by atoms with Crippen molar-refractivity contribution >= 4 is 17.7 Å². The second-order valence-electron chi connectivity index (χ2n) is 6.99. The molecule has 0 amide bonds. The minimum Gasteiger partial charge on any atom is -0.462 e. The molecule has 24 heavy (non-hydrogen) atoms. The van der Waals surface area contributed by atoms with Gasteiger partial charge in [0.15, 0.2) is 5.79 Å². The fraction of sp³-hybridized carbons (Fsp3) is 0.526. The fourth-order valence-electron chi connectivity index (χ4n) is 3.50. The monoisotopic (exact) mass is 348 g/mol. The molecule has 0 bridgehead atoms. The van der Waals surface area contributed by atoms with Crippen molar-refractivity contribution in [1.82, 2.24) is 0 Å². The molecule has 1 spiro atoms. The second kappa shape index (κ2) is 6.21. The summed E-state index contributed by atoms with van der Waals surface area (Å²) in [5.41, 5.74) is -1.71. The number of carbonyl (C=O) groups excluding carboxylic acids is 1. The highest BCUT2D eigenvalue weighted by Crippen LogP contribution is 2.53. The van der Waals surface area contributed by atoms with Gasteiger partial charge in [-0.1, -0.05) is 24.3 Å². The van der Waals surface area contributed by atoms with E-state index >= 15 is 0 Å². The lowest BCUT2D eigenvalue weighted by atomic mass is 9.72. The molecule has 3 atom stereocenters. The van der Waals surface area contributed by atoms with Gasteiger partial charge in [0.25, 0.3) is 0 Å². The maximum atomic E-state index is 12.6. The van der Waals surface area contributed by atoms with Crippen LogP contribution in [0.4, 0.5) is 0 Å². The van der Waals surface area contributed by atoms with Crippen LogP contribution >= 0.6 is 11.8 Å². The molecule has 1 aromatic rings. The van der Waals surface area contributed by atoms with E-state index in [1.165, 1.54) is 4.90 Å². The summed E-state index contributed by atoms with van der Waals surface area (Å²) in [7, 11) is 0. The third kappa shape index (κ3) is 2.79. The standard InChI is InChI=1S/C19H24O4S/c1-5-18(4)13-21-16(20)19(18)15(22-17(2,3)23-19)11-12-24-14-9-7-6-8-10-14/h5-10,15H,1,11-13H2,2-4H3/t15-,18-,19-/m1/s1. The first-order valence-corrected chi connectivity index (χ1v) is 9.18. The van der Waals surface area contributed by atoms with Crippen molar-refractivity contribution in [1.29, 1.82) is 0 Å². The van der Waals surface area contributed by atoms with E-state index in [9.17, 15) is 4.79 Å². The summed E-state index contributed by atoms with van der Waals surface area (Å²) in [6, 6.07) is 10.2. The van der Waals surface area contributed by atoms with Crippen molar-refractivity contribution in [3.05, 3.63) is 43.0 Å². The van der Waals surface area contributed by atoms with Crippen molar-refractivity contribution < 1.29 is 19.0 Å². The summed E-state index contributed by atoms with van der Waals surface area (Å²) in [5, 5.41) is 0. The highest BCUT2D eigenvalue weighted by atomic mass is 32.2. The minimum absolute atomic E-state index is 0.275. The number of thioether (sulfide) groups is 1. The summed E-state index contributed by atoms with van der Waals surface area (Å²) < 4.78 is 17.6. The third-order valence-corrected chi connectivity index (χ3v) is 5.83. The molecule has 2 fully saturated rings. The lowest BCUT2D eigenvalue weighted by Gasteiger charge is -2.36. The summed E-state index contributed by atoms with van der Waals surface area (Å²) in [6.45, 7) is 9.81. The predicted molar refractivity (Wildman–Crippen MR) is 93.8 cm³/mol. The maximum absolute atomic E-state index is 12.6. The molecular weight excluding hydrogens is 324 g/mol. The van der Waals surface area contributed by atoms with E-state index in [1.807, 2.05) is 39.0 Å². The van der Waals surface area contributed by atoms with Crippen LogP contribution in [0, 0.1) is 5.41 Å². The van der Waals surface area contributed by atoms with Gasteiger partial charge >= 0.3 is 5.97 Å². The Morgan fingerprint density at radius 1 is 1.29 bits per heavy atom. The van der Waals surface area contributed by atoms with Crippen molar-refractivity contribution in [2.75, 3.05) is 12.4 Å². The lowest BCUT2D eigenvalue weighted by Crippen LogP contribution is -2.55. The molecule has 2 saturated heterocycles. The Labute approximate surface area is 147 Å². The van der Waals surface area contributed by atoms with Crippen LogP contribution in [0.2, 0.25) is 0 Å². The van der Waals surface area contributed by atoms with Gasteiger partial charge in [-0.05, 0) is 39.3 Å². The topological polar surface area (TPSA) is 44.8 Å². The van der Waals surface area contributed by atoms with Gasteiger partial charge in [-0.15, -0.1) is 18.3 Å². The fourth-order valence-corrected chi connectivity index (χ4v) is 4.41. The van der Waals surface area contributed by atoms with Crippen LogP contribution in [0.25, 0.3) is 0 Å². The number of carbonyl (C=O) groups is 1. The van der Waals surface area contributed by atoms with E-state index in [1.54, 1.807) is 17.8 Å². The van der Waals surface area contributed by atoms with Crippen molar-refractivity contribution in [3.63, 3.8) is 0 Å². The Kier molecular flexibility index (Phi) is 4.53. The van der Waals surface area contributed by atoms with Crippen LogP contribution in [0.5, 0.6) is 0 Å². The molecular formula is C19H24O4S. The normalized spacial score (nSPS) is 34.5. The summed E-state index contributed by atoms with van der Waals surface area (Å²) in [4.78, 5) is 13.8. The molecule has 0 N–H and O–H groups in total. The summed E-state index contributed by atoms with van der Waals surface area (Å²) >= 11 is 1.75. The van der Waals surface area contributed by atoms with Crippen molar-refractivity contribution in [3.8, 4) is 0 Å². The van der Waals surface area contributed by atoms with Gasteiger partial charge in [0.05, 0.1) is 5.41 Å². The average Bonchev–Trinajstić information content (AvgIpc) is 2.98. The third-order valence-electron chi connectivity index (χ3n) is 4.78. The first-order chi connectivity index (χ1) is 11.3. The molecule has 2 heterocycles. The molecule has 130 valence electrons. The Hall–Kier alpha value is -1.30. The van der Waals surface area contributed by atoms with Gasteiger partial charge in [-0.25, -0.2) is 4.79 Å². The SMILES string of the molecule is C=C[C@]1(C)COC(=O)[C@@]12OC(C)(C)O[C@@H]2CCSc1ccccc1. The highest BCUT2D eigenvalue weighted by Gasteiger charge is 2.70. The molecule has 0 saturated carbocycles. The van der Waals surface area contributed by atoms with Gasteiger partial charge in [0.2, 0.25) is 5.60 Å². The summed E-state index contributed by atoms with van der Waals surface area (Å²) in [5.74, 6) is -0.336. The first-order valence-electron chi connectivity index (χ1n) is 8.20. The van der Waals surface area contributed by atoms with Crippen LogP contribution in [0.1, 0.15) is 27.2 Å². The van der Waals surface area contributed by atoms with E-state index in [4.69, 9.17) is 14.2 Å². The highest BCUT2D eigenvalue weighted by molar-refractivity contribution is 7.99. The molecule has 2 aliphatic rings. The molecule has 3 rings (SSSR count). The molecule has 0 radical (unpaired) electrons. The predicted octanol–water partition coefficient (Wildman–Crippen LogP) is 3.81. The van der Waals surface area contributed by atoms with E-state index in [2.05, 4.69) is 18.7 Å². The Bertz CT molecular complexity index is 630. The zero-order valence-corrected chi connectivity index (χ0v) is 15.2. The molecule has 0 aliphatic carbocycles. The van der Waals surface area contributed by atoms with Crippen molar-refractivity contribution in [2.45, 2.75) is 49.6 Å². The van der Waals surface area contributed by atoms with Crippen molar-refractivity contribution in [2.24, 2.45) is 5.41 Å². The Morgan fingerprint density at radius 2 is 2.00 bits per heavy atom. The quantitative estimate of drug-likeness (QED) is 0.460. The van der Waals surface area contributed by atoms with E-state index in [0.717, 1.165) is 5.75 Å². The number of hydrogen-bond acceptors (Lipinski definition) is 5. The second-order valence-corrected chi connectivity index (χ2v) is 8.16. The molecule has 1 aromatic carbocycles. The Morgan fingerprint density at radius 3 is 2.67 bits per heavy atom. The number of ether oxygens (including phenoxy) is 3. The molecule has 0 unspecified atom stereocenters. The largest absolute Gasteiger partial charge is 0.462 e. The number of cyclic esters (lactones) is 1. The van der Waals surface area contributed by atoms with Crippen LogP contribution in [0.3, 0.4) is 0 Å². The number of rotatable bonds is 5. The Balaban J connectivity index is 1.79. The number of esters is 1. The summed E-state index contributed by atoms with van der Waals surface area (Å²) in [6.07, 6.45) is 2.10. The molecule has 2 aliphatic heterocycles. The van der Waals surface area contributed by atoms with E-state index in [-0.39, 0.29) is 18.7 Å². The van der Waals surface area contributed by atoms with Crippen LogP contribution in [0.15, 0.2) is 47.9 Å². The van der Waals surface area contributed by atoms with Gasteiger partial charge in [0.1, 0.15) is 12.7 Å². The van der Waals surface area contributed by atoms with Crippen LogP contribution in [-0.4, -0.2) is 35.8 Å². The van der Waals surface area contributed by atoms with E-state index in [0.29, 0.717) is 6.42 Å². The number of benzene rings is 1. The molecule has 5 heteroatoms. The molecule has 0 aromatic heterocycles. The smallest absolute Gasteiger partial charge is 0.342 e. The van der Waals surface area contributed by atoms with Gasteiger partial charge in [0, 0.05) is 10.6 Å². The lowest BCUT2D eigenvalue weighted by molar-refractivity contribution is -0.185. The van der Waals surface area contributed by atoms with Gasteiger partial charge < -0.3 is 14.2 Å². The van der Waals surface area contributed by atoms with Crippen LogP contribution in [-0.2, 0) is 19.0 Å². The number of hydrogen-bond donors (Lipinski definition) is 0. The average molecular weight is 348 g/mol. The van der Waals surface area contributed by atoms with Gasteiger partial charge in [-0.2, -0.15) is 0 Å². The minimum atomic E-state index is -1.12. The van der Waals surface area contributed by atoms with E-state index < -0.39 is 16.8 Å². The maximum Gasteiger partial charge on any atom is 0.342 e.